The van der Waals surface area contributed by atoms with Gasteiger partial charge in [0.15, 0.2) is 0 Å². The number of benzene rings is 1. The summed E-state index contributed by atoms with van der Waals surface area (Å²) >= 11 is 0. The van der Waals surface area contributed by atoms with Gasteiger partial charge in [-0.3, -0.25) is 0 Å². The Hall–Kier alpha value is -1.08. The summed E-state index contributed by atoms with van der Waals surface area (Å²) in [6.07, 6.45) is 7.37. The Morgan fingerprint density at radius 3 is 2.47 bits per heavy atom. The molecule has 19 heavy (non-hydrogen) atoms. The van der Waals surface area contributed by atoms with Gasteiger partial charge in [-0.25, -0.2) is 0 Å². The van der Waals surface area contributed by atoms with Crippen molar-refractivity contribution in [3.8, 4) is 0 Å². The van der Waals surface area contributed by atoms with Crippen LogP contribution in [0.5, 0.6) is 0 Å². The van der Waals surface area contributed by atoms with Gasteiger partial charge in [0.05, 0.1) is 0 Å². The first-order valence-electron chi connectivity index (χ1n) is 7.69. The molecule has 1 aliphatic rings. The van der Waals surface area contributed by atoms with Crippen LogP contribution in [-0.4, -0.2) is 12.6 Å². The van der Waals surface area contributed by atoms with Crippen LogP contribution in [0.25, 0.3) is 6.08 Å². The minimum atomic E-state index is 0.732. The van der Waals surface area contributed by atoms with Crippen molar-refractivity contribution in [2.45, 2.75) is 52.5 Å². The molecule has 0 spiro atoms. The van der Waals surface area contributed by atoms with E-state index in [4.69, 9.17) is 0 Å². The fourth-order valence-electron chi connectivity index (χ4n) is 2.30. The first-order valence-corrected chi connectivity index (χ1v) is 7.69. The van der Waals surface area contributed by atoms with Crippen LogP contribution in [0.2, 0.25) is 0 Å². The molecule has 0 radical (unpaired) electrons. The van der Waals surface area contributed by atoms with Gasteiger partial charge in [-0.1, -0.05) is 56.7 Å². The van der Waals surface area contributed by atoms with Gasteiger partial charge in [0.2, 0.25) is 0 Å². The Bertz CT molecular complexity index is 410. The molecular weight excluding hydrogens is 230 g/mol. The Morgan fingerprint density at radius 1 is 1.26 bits per heavy atom. The van der Waals surface area contributed by atoms with E-state index in [0.29, 0.717) is 0 Å². The summed E-state index contributed by atoms with van der Waals surface area (Å²) in [6, 6.07) is 9.85. The van der Waals surface area contributed by atoms with Crippen molar-refractivity contribution in [1.29, 1.82) is 0 Å². The van der Waals surface area contributed by atoms with Crippen molar-refractivity contribution in [1.82, 2.24) is 5.32 Å². The third-order valence-corrected chi connectivity index (χ3v) is 3.64. The van der Waals surface area contributed by atoms with Crippen LogP contribution in [0.15, 0.2) is 29.8 Å². The second kappa shape index (κ2) is 6.91. The highest BCUT2D eigenvalue weighted by Crippen LogP contribution is 2.19. The van der Waals surface area contributed by atoms with Crippen LogP contribution in [0.1, 0.15) is 51.2 Å². The highest BCUT2D eigenvalue weighted by molar-refractivity contribution is 5.53. The molecule has 1 fully saturated rings. The molecule has 0 saturated heterocycles. The molecule has 104 valence electrons. The minimum Gasteiger partial charge on any atom is -0.310 e. The Labute approximate surface area is 118 Å². The zero-order valence-corrected chi connectivity index (χ0v) is 12.6. The normalized spacial score (nSPS) is 16.1. The van der Waals surface area contributed by atoms with E-state index in [9.17, 15) is 0 Å². The van der Waals surface area contributed by atoms with Gasteiger partial charge in [-0.2, -0.15) is 0 Å². The van der Waals surface area contributed by atoms with Crippen LogP contribution in [-0.2, 0) is 6.42 Å². The highest BCUT2D eigenvalue weighted by atomic mass is 14.9. The summed E-state index contributed by atoms with van der Waals surface area (Å²) < 4.78 is 0. The summed E-state index contributed by atoms with van der Waals surface area (Å²) in [6.45, 7) is 7.83. The third-order valence-electron chi connectivity index (χ3n) is 3.64. The molecule has 0 unspecified atom stereocenters. The summed E-state index contributed by atoms with van der Waals surface area (Å²) in [5.74, 6) is 0.732. The molecule has 0 amide bonds. The molecule has 0 atom stereocenters. The van der Waals surface area contributed by atoms with Gasteiger partial charge >= 0.3 is 0 Å². The molecule has 0 aliphatic heterocycles. The van der Waals surface area contributed by atoms with Gasteiger partial charge in [0, 0.05) is 12.6 Å². The molecule has 1 nitrogen and oxygen atoms in total. The van der Waals surface area contributed by atoms with Crippen molar-refractivity contribution in [2.24, 2.45) is 5.92 Å². The lowest BCUT2D eigenvalue weighted by atomic mass is 10.0. The van der Waals surface area contributed by atoms with Crippen LogP contribution >= 0.6 is 0 Å². The molecule has 1 saturated carbocycles. The fraction of sp³-hybridized carbons (Fsp3) is 0.556. The largest absolute Gasteiger partial charge is 0.310 e. The average Bonchev–Trinajstić information content (AvgIpc) is 3.20. The maximum atomic E-state index is 3.60. The molecule has 0 bridgehead atoms. The van der Waals surface area contributed by atoms with E-state index >= 15 is 0 Å². The minimum absolute atomic E-state index is 0.732. The van der Waals surface area contributed by atoms with Gasteiger partial charge in [0.25, 0.3) is 0 Å². The molecule has 0 aromatic heterocycles. The Kier molecular flexibility index (Phi) is 5.21. The average molecular weight is 257 g/mol. The van der Waals surface area contributed by atoms with Crippen LogP contribution < -0.4 is 5.32 Å². The maximum absolute atomic E-state index is 3.60. The molecule has 1 heteroatoms. The van der Waals surface area contributed by atoms with Gasteiger partial charge in [-0.15, -0.1) is 0 Å². The molecular formula is C18H27N. The molecule has 1 aromatic rings. The molecule has 1 aromatic carbocycles. The summed E-state index contributed by atoms with van der Waals surface area (Å²) in [7, 11) is 0. The number of hydrogen-bond acceptors (Lipinski definition) is 1. The number of rotatable bonds is 7. The molecule has 1 aliphatic carbocycles. The second-order valence-electron chi connectivity index (χ2n) is 6.15. The maximum Gasteiger partial charge on any atom is 0.0170 e. The predicted molar refractivity (Wildman–Crippen MR) is 84.3 cm³/mol. The van der Waals surface area contributed by atoms with Crippen molar-refractivity contribution in [2.75, 3.05) is 6.54 Å². The molecule has 0 heterocycles. The van der Waals surface area contributed by atoms with Crippen LogP contribution in [0.3, 0.4) is 0 Å². The summed E-state index contributed by atoms with van der Waals surface area (Å²) in [4.78, 5) is 0. The van der Waals surface area contributed by atoms with E-state index in [0.717, 1.165) is 24.9 Å². The van der Waals surface area contributed by atoms with E-state index in [2.05, 4.69) is 56.4 Å². The monoisotopic (exact) mass is 257 g/mol. The van der Waals surface area contributed by atoms with E-state index in [-0.39, 0.29) is 0 Å². The quantitative estimate of drug-likeness (QED) is 0.762. The SMILES string of the molecule is CCC(=Cc1ccc(CC(C)C)cc1)CNC1CC1. The van der Waals surface area contributed by atoms with Crippen molar-refractivity contribution < 1.29 is 0 Å². The van der Waals surface area contributed by atoms with Gasteiger partial charge in [0.1, 0.15) is 0 Å². The zero-order chi connectivity index (χ0) is 13.7. The number of hydrogen-bond donors (Lipinski definition) is 1. The summed E-state index contributed by atoms with van der Waals surface area (Å²) in [5, 5.41) is 3.60. The second-order valence-corrected chi connectivity index (χ2v) is 6.15. The van der Waals surface area contributed by atoms with E-state index < -0.39 is 0 Å². The van der Waals surface area contributed by atoms with Crippen molar-refractivity contribution >= 4 is 6.08 Å². The lowest BCUT2D eigenvalue weighted by molar-refractivity contribution is 0.647. The van der Waals surface area contributed by atoms with Crippen molar-refractivity contribution in [3.63, 3.8) is 0 Å². The standard InChI is InChI=1S/C18H27N/c1-4-15(13-19-18-9-10-18)12-17-7-5-16(6-8-17)11-14(2)3/h5-8,12,14,18-19H,4,9-11,13H2,1-3H3. The van der Waals surface area contributed by atoms with Crippen LogP contribution in [0.4, 0.5) is 0 Å². The summed E-state index contributed by atoms with van der Waals surface area (Å²) in [5.41, 5.74) is 4.28. The van der Waals surface area contributed by atoms with Crippen molar-refractivity contribution in [3.05, 3.63) is 41.0 Å². The fourth-order valence-corrected chi connectivity index (χ4v) is 2.30. The topological polar surface area (TPSA) is 12.0 Å². The molecule has 2 rings (SSSR count). The first-order chi connectivity index (χ1) is 9.17. The lowest BCUT2D eigenvalue weighted by Crippen LogP contribution is -2.18. The van der Waals surface area contributed by atoms with E-state index in [1.54, 1.807) is 0 Å². The Morgan fingerprint density at radius 2 is 1.95 bits per heavy atom. The first kappa shape index (κ1) is 14.3. The molecule has 1 N–H and O–H groups in total. The van der Waals surface area contributed by atoms with E-state index in [1.165, 1.54) is 36.0 Å². The Balaban J connectivity index is 1.94. The zero-order valence-electron chi connectivity index (χ0n) is 12.6. The third kappa shape index (κ3) is 5.20. The van der Waals surface area contributed by atoms with Gasteiger partial charge in [-0.05, 0) is 42.7 Å². The predicted octanol–water partition coefficient (Wildman–Crippen LogP) is 4.43. The number of nitrogens with one attached hydrogen (secondary N) is 1. The lowest BCUT2D eigenvalue weighted by Gasteiger charge is -2.08. The highest BCUT2D eigenvalue weighted by Gasteiger charge is 2.19. The van der Waals surface area contributed by atoms with E-state index in [1.807, 2.05) is 0 Å². The smallest absolute Gasteiger partial charge is 0.0170 e. The van der Waals surface area contributed by atoms with Crippen LogP contribution in [0, 0.1) is 5.92 Å². The van der Waals surface area contributed by atoms with Gasteiger partial charge < -0.3 is 5.32 Å².